The highest BCUT2D eigenvalue weighted by atomic mass is 16.5. The zero-order valence-corrected chi connectivity index (χ0v) is 13.3. The first-order valence-corrected chi connectivity index (χ1v) is 7.64. The highest BCUT2D eigenvalue weighted by Gasteiger charge is 2.17. The Bertz CT molecular complexity index is 773. The molecule has 0 bridgehead atoms. The van der Waals surface area contributed by atoms with Gasteiger partial charge in [-0.3, -0.25) is 9.59 Å². The lowest BCUT2D eigenvalue weighted by molar-refractivity contribution is -0.118. The number of amides is 2. The second-order valence-corrected chi connectivity index (χ2v) is 5.37. The molecule has 0 aromatic heterocycles. The topological polar surface area (TPSA) is 76.7 Å². The van der Waals surface area contributed by atoms with Gasteiger partial charge in [0.25, 0.3) is 11.8 Å². The molecule has 0 saturated heterocycles. The van der Waals surface area contributed by atoms with E-state index in [9.17, 15) is 9.59 Å². The summed E-state index contributed by atoms with van der Waals surface area (Å²) in [5.74, 6) is 0.932. The van der Waals surface area contributed by atoms with Gasteiger partial charge in [-0.25, -0.2) is 0 Å². The Kier molecular flexibility index (Phi) is 4.65. The number of benzene rings is 2. The summed E-state index contributed by atoms with van der Waals surface area (Å²) in [6.45, 7) is 0.458. The maximum atomic E-state index is 12.3. The number of nitrogens with one attached hydrogen (secondary N) is 2. The number of methoxy groups -OCH3 is 1. The zero-order valence-electron chi connectivity index (χ0n) is 13.3. The molecule has 2 N–H and O–H groups in total. The number of hydrogen-bond acceptors (Lipinski definition) is 4. The summed E-state index contributed by atoms with van der Waals surface area (Å²) in [6.07, 6.45) is 0.674. The van der Waals surface area contributed by atoms with Crippen LogP contribution < -0.4 is 20.1 Å². The van der Waals surface area contributed by atoms with Crippen LogP contribution in [0.1, 0.15) is 15.9 Å². The van der Waals surface area contributed by atoms with Crippen LogP contribution >= 0.6 is 0 Å². The third kappa shape index (κ3) is 3.48. The third-order valence-electron chi connectivity index (χ3n) is 3.75. The molecule has 3 rings (SSSR count). The van der Waals surface area contributed by atoms with E-state index in [4.69, 9.17) is 9.47 Å². The second-order valence-electron chi connectivity index (χ2n) is 5.37. The predicted molar refractivity (Wildman–Crippen MR) is 89.6 cm³/mol. The number of carbonyl (C=O) groups excluding carboxylic acids is 2. The normalized spacial score (nSPS) is 12.6. The Balaban J connectivity index is 1.60. The summed E-state index contributed by atoms with van der Waals surface area (Å²) in [5, 5.41) is 5.57. The number of ether oxygens (including phenoxy) is 2. The summed E-state index contributed by atoms with van der Waals surface area (Å²) in [5.41, 5.74) is 2.11. The molecular weight excluding hydrogens is 308 g/mol. The Morgan fingerprint density at radius 3 is 2.96 bits per heavy atom. The number of anilines is 1. The monoisotopic (exact) mass is 326 g/mol. The molecule has 0 aliphatic carbocycles. The van der Waals surface area contributed by atoms with Gasteiger partial charge in [-0.15, -0.1) is 0 Å². The summed E-state index contributed by atoms with van der Waals surface area (Å²) in [7, 11) is 1.63. The average Bonchev–Trinajstić information content (AvgIpc) is 2.61. The van der Waals surface area contributed by atoms with Crippen molar-refractivity contribution in [3.05, 3.63) is 53.6 Å². The zero-order chi connectivity index (χ0) is 16.9. The quantitative estimate of drug-likeness (QED) is 0.881. The predicted octanol–water partition coefficient (Wildman–Crippen LogP) is 2.00. The minimum absolute atomic E-state index is 0.0358. The molecule has 2 aromatic rings. The maximum Gasteiger partial charge on any atom is 0.262 e. The summed E-state index contributed by atoms with van der Waals surface area (Å²) < 4.78 is 10.6. The molecule has 1 heterocycles. The molecule has 0 unspecified atom stereocenters. The molecule has 0 atom stereocenters. The van der Waals surface area contributed by atoms with Gasteiger partial charge in [-0.2, -0.15) is 0 Å². The summed E-state index contributed by atoms with van der Waals surface area (Å²) >= 11 is 0. The van der Waals surface area contributed by atoms with Crippen molar-refractivity contribution >= 4 is 17.5 Å². The Hall–Kier alpha value is -3.02. The lowest BCUT2D eigenvalue weighted by Gasteiger charge is -2.18. The van der Waals surface area contributed by atoms with Crippen LogP contribution in [0, 0.1) is 0 Å². The number of rotatable bonds is 5. The molecule has 24 heavy (non-hydrogen) atoms. The molecule has 6 heteroatoms. The Morgan fingerprint density at radius 2 is 2.12 bits per heavy atom. The lowest BCUT2D eigenvalue weighted by atomic mass is 10.1. The van der Waals surface area contributed by atoms with Crippen LogP contribution in [0.25, 0.3) is 0 Å². The van der Waals surface area contributed by atoms with Crippen LogP contribution in [0.3, 0.4) is 0 Å². The van der Waals surface area contributed by atoms with E-state index >= 15 is 0 Å². The van der Waals surface area contributed by atoms with Crippen molar-refractivity contribution in [2.24, 2.45) is 0 Å². The van der Waals surface area contributed by atoms with Crippen LogP contribution in [0.15, 0.2) is 42.5 Å². The minimum atomic E-state index is -0.198. The Labute approximate surface area is 139 Å². The first-order chi connectivity index (χ1) is 11.7. The van der Waals surface area contributed by atoms with Crippen LogP contribution in [0.5, 0.6) is 11.5 Å². The van der Waals surface area contributed by atoms with Gasteiger partial charge in [0.2, 0.25) is 0 Å². The highest BCUT2D eigenvalue weighted by molar-refractivity contribution is 5.98. The van der Waals surface area contributed by atoms with Crippen molar-refractivity contribution < 1.29 is 19.1 Å². The van der Waals surface area contributed by atoms with E-state index in [0.717, 1.165) is 11.3 Å². The van der Waals surface area contributed by atoms with Gasteiger partial charge in [0.15, 0.2) is 6.61 Å². The summed E-state index contributed by atoms with van der Waals surface area (Å²) in [6, 6.07) is 12.7. The smallest absolute Gasteiger partial charge is 0.262 e. The fraction of sp³-hybridized carbons (Fsp3) is 0.222. The van der Waals surface area contributed by atoms with Gasteiger partial charge in [-0.1, -0.05) is 18.2 Å². The summed E-state index contributed by atoms with van der Waals surface area (Å²) in [4.78, 5) is 23.5. The van der Waals surface area contributed by atoms with E-state index in [1.807, 2.05) is 24.3 Å². The molecule has 124 valence electrons. The fourth-order valence-electron chi connectivity index (χ4n) is 2.54. The first kappa shape index (κ1) is 15.9. The molecule has 0 fully saturated rings. The molecule has 6 nitrogen and oxygen atoms in total. The molecule has 0 spiro atoms. The van der Waals surface area contributed by atoms with Gasteiger partial charge < -0.3 is 20.1 Å². The van der Waals surface area contributed by atoms with Crippen molar-refractivity contribution in [3.63, 3.8) is 0 Å². The molecule has 2 amide bonds. The number of fused-ring (bicyclic) bond motifs is 1. The molecule has 1 aliphatic rings. The molecule has 0 saturated carbocycles. The third-order valence-corrected chi connectivity index (χ3v) is 3.75. The van der Waals surface area contributed by atoms with Gasteiger partial charge in [-0.05, 0) is 36.2 Å². The van der Waals surface area contributed by atoms with Crippen molar-refractivity contribution in [3.8, 4) is 11.5 Å². The van der Waals surface area contributed by atoms with Gasteiger partial charge in [0.1, 0.15) is 11.5 Å². The van der Waals surface area contributed by atoms with E-state index in [1.54, 1.807) is 25.3 Å². The van der Waals surface area contributed by atoms with Gasteiger partial charge in [0, 0.05) is 12.1 Å². The van der Waals surface area contributed by atoms with Gasteiger partial charge in [0.05, 0.1) is 12.8 Å². The van der Waals surface area contributed by atoms with E-state index in [-0.39, 0.29) is 18.4 Å². The van der Waals surface area contributed by atoms with Crippen LogP contribution in [0.2, 0.25) is 0 Å². The van der Waals surface area contributed by atoms with Crippen molar-refractivity contribution in [1.82, 2.24) is 5.32 Å². The van der Waals surface area contributed by atoms with Crippen LogP contribution in [0.4, 0.5) is 5.69 Å². The van der Waals surface area contributed by atoms with Crippen molar-refractivity contribution in [2.45, 2.75) is 6.42 Å². The first-order valence-electron chi connectivity index (χ1n) is 7.64. The Morgan fingerprint density at radius 1 is 1.29 bits per heavy atom. The molecular formula is C18H18N2O4. The number of hydrogen-bond donors (Lipinski definition) is 2. The lowest BCUT2D eigenvalue weighted by Crippen LogP contribution is -2.27. The van der Waals surface area contributed by atoms with E-state index in [1.165, 1.54) is 0 Å². The number of para-hydroxylation sites is 1. The van der Waals surface area contributed by atoms with Crippen molar-refractivity contribution in [2.75, 3.05) is 25.6 Å². The van der Waals surface area contributed by atoms with Crippen LogP contribution in [-0.2, 0) is 11.2 Å². The van der Waals surface area contributed by atoms with E-state index in [0.29, 0.717) is 30.0 Å². The van der Waals surface area contributed by atoms with E-state index < -0.39 is 0 Å². The largest absolute Gasteiger partial charge is 0.496 e. The SMILES string of the molecule is COc1ccccc1CCNC(=O)c1ccc2c(c1)OCC(=O)N2. The highest BCUT2D eigenvalue weighted by Crippen LogP contribution is 2.28. The number of carbonyl (C=O) groups is 2. The fourth-order valence-corrected chi connectivity index (χ4v) is 2.54. The second kappa shape index (κ2) is 7.04. The molecule has 0 radical (unpaired) electrons. The van der Waals surface area contributed by atoms with Crippen LogP contribution in [-0.4, -0.2) is 32.1 Å². The minimum Gasteiger partial charge on any atom is -0.496 e. The van der Waals surface area contributed by atoms with Gasteiger partial charge >= 0.3 is 0 Å². The van der Waals surface area contributed by atoms with E-state index in [2.05, 4.69) is 10.6 Å². The standard InChI is InChI=1S/C18H18N2O4/c1-23-15-5-3-2-4-12(15)8-9-19-18(22)13-6-7-14-16(10-13)24-11-17(21)20-14/h2-7,10H,8-9,11H2,1H3,(H,19,22)(H,20,21). The molecule has 1 aliphatic heterocycles. The maximum absolute atomic E-state index is 12.3. The molecule has 2 aromatic carbocycles. The average molecular weight is 326 g/mol. The van der Waals surface area contributed by atoms with Crippen molar-refractivity contribution in [1.29, 1.82) is 0 Å².